The quantitative estimate of drug-likeness (QED) is 0.676. The molecule has 2 nitrogen and oxygen atoms in total. The van der Waals surface area contributed by atoms with Crippen LogP contribution < -0.4 is 0 Å². The van der Waals surface area contributed by atoms with E-state index >= 15 is 0 Å². The summed E-state index contributed by atoms with van der Waals surface area (Å²) in [5, 5.41) is 0. The van der Waals surface area contributed by atoms with Crippen molar-refractivity contribution in [1.82, 2.24) is 0 Å². The molecule has 12 heavy (non-hydrogen) atoms. The summed E-state index contributed by atoms with van der Waals surface area (Å²) in [7, 11) is 0. The van der Waals surface area contributed by atoms with Gasteiger partial charge in [-0.05, 0) is 39.3 Å². The monoisotopic (exact) mass is 166 g/mol. The van der Waals surface area contributed by atoms with Crippen LogP contribution in [0.15, 0.2) is 10.5 Å². The Hall–Kier alpha value is -1.05. The van der Waals surface area contributed by atoms with Gasteiger partial charge in [0.05, 0.1) is 5.92 Å². The van der Waals surface area contributed by atoms with Crippen molar-refractivity contribution >= 4 is 5.78 Å². The van der Waals surface area contributed by atoms with Gasteiger partial charge in [-0.15, -0.1) is 0 Å². The molecule has 1 rings (SSSR count). The molecule has 0 aliphatic heterocycles. The molecule has 0 aromatic carbocycles. The lowest BCUT2D eigenvalue weighted by Gasteiger charge is -2.04. The van der Waals surface area contributed by atoms with Crippen molar-refractivity contribution in [1.29, 1.82) is 0 Å². The number of carbonyl (C=O) groups excluding carboxylic acids is 1. The zero-order valence-electron chi connectivity index (χ0n) is 7.97. The average Bonchev–Trinajstić information content (AvgIpc) is 2.28. The lowest BCUT2D eigenvalue weighted by atomic mass is 10.0. The number of Topliss-reactive ketones (excluding diaryl/α,β-unsaturated/α-hetero) is 1. The number of ketones is 1. The molecule has 0 fully saturated rings. The molecular weight excluding hydrogens is 152 g/mol. The fraction of sp³-hybridized carbons (Fsp3) is 0.500. The van der Waals surface area contributed by atoms with E-state index in [9.17, 15) is 4.79 Å². The molecule has 0 saturated carbocycles. The molecule has 0 N–H and O–H groups in total. The Bertz CT molecular complexity index is 297. The Kier molecular flexibility index (Phi) is 2.36. The van der Waals surface area contributed by atoms with E-state index in [4.69, 9.17) is 4.42 Å². The van der Waals surface area contributed by atoms with E-state index in [2.05, 4.69) is 0 Å². The highest BCUT2D eigenvalue weighted by Gasteiger charge is 2.16. The maximum atomic E-state index is 11.0. The highest BCUT2D eigenvalue weighted by Crippen LogP contribution is 2.23. The SMILES string of the molecule is CC(=O)C(C)c1oc(C)cc1C. The summed E-state index contributed by atoms with van der Waals surface area (Å²) in [6.07, 6.45) is 0. The molecule has 0 radical (unpaired) electrons. The fourth-order valence-corrected chi connectivity index (χ4v) is 1.27. The summed E-state index contributed by atoms with van der Waals surface area (Å²) in [6.45, 7) is 7.31. The second-order valence-corrected chi connectivity index (χ2v) is 3.24. The molecule has 1 unspecified atom stereocenters. The molecule has 0 bridgehead atoms. The molecule has 0 amide bonds. The van der Waals surface area contributed by atoms with Gasteiger partial charge in [-0.1, -0.05) is 0 Å². The van der Waals surface area contributed by atoms with Gasteiger partial charge in [-0.25, -0.2) is 0 Å². The van der Waals surface area contributed by atoms with Crippen molar-refractivity contribution in [3.63, 3.8) is 0 Å². The van der Waals surface area contributed by atoms with Gasteiger partial charge in [-0.2, -0.15) is 0 Å². The highest BCUT2D eigenvalue weighted by atomic mass is 16.3. The summed E-state index contributed by atoms with van der Waals surface area (Å²) < 4.78 is 5.42. The predicted molar refractivity (Wildman–Crippen MR) is 47.3 cm³/mol. The normalized spacial score (nSPS) is 13.0. The summed E-state index contributed by atoms with van der Waals surface area (Å²) in [5.41, 5.74) is 1.07. The third-order valence-corrected chi connectivity index (χ3v) is 2.08. The highest BCUT2D eigenvalue weighted by molar-refractivity contribution is 5.82. The first kappa shape index (κ1) is 9.04. The van der Waals surface area contributed by atoms with Crippen molar-refractivity contribution in [2.75, 3.05) is 0 Å². The van der Waals surface area contributed by atoms with Crippen LogP contribution in [0.1, 0.15) is 36.8 Å². The van der Waals surface area contributed by atoms with Gasteiger partial charge in [-0.3, -0.25) is 4.79 Å². The first-order valence-corrected chi connectivity index (χ1v) is 4.09. The van der Waals surface area contributed by atoms with Crippen LogP contribution in [0.25, 0.3) is 0 Å². The lowest BCUT2D eigenvalue weighted by molar-refractivity contribution is -0.118. The van der Waals surface area contributed by atoms with Gasteiger partial charge in [0.1, 0.15) is 17.3 Å². The maximum absolute atomic E-state index is 11.0. The van der Waals surface area contributed by atoms with Gasteiger partial charge < -0.3 is 4.42 Å². The molecule has 66 valence electrons. The van der Waals surface area contributed by atoms with E-state index in [1.807, 2.05) is 26.8 Å². The molecule has 0 aliphatic carbocycles. The van der Waals surface area contributed by atoms with Gasteiger partial charge >= 0.3 is 0 Å². The molecular formula is C10H14O2. The Labute approximate surface area is 72.6 Å². The largest absolute Gasteiger partial charge is 0.465 e. The van der Waals surface area contributed by atoms with Crippen LogP contribution in [0.5, 0.6) is 0 Å². The van der Waals surface area contributed by atoms with Crippen LogP contribution in [-0.4, -0.2) is 5.78 Å². The van der Waals surface area contributed by atoms with Gasteiger partial charge in [0, 0.05) is 0 Å². The Morgan fingerprint density at radius 1 is 1.50 bits per heavy atom. The summed E-state index contributed by atoms with van der Waals surface area (Å²) in [4.78, 5) is 11.0. The summed E-state index contributed by atoms with van der Waals surface area (Å²) in [5.74, 6) is 1.71. The molecule has 1 aromatic heterocycles. The minimum atomic E-state index is -0.112. The topological polar surface area (TPSA) is 30.2 Å². The molecule has 1 atom stereocenters. The minimum Gasteiger partial charge on any atom is -0.465 e. The van der Waals surface area contributed by atoms with Crippen LogP contribution in [0, 0.1) is 13.8 Å². The second kappa shape index (κ2) is 3.13. The Morgan fingerprint density at radius 3 is 2.42 bits per heavy atom. The van der Waals surface area contributed by atoms with E-state index < -0.39 is 0 Å². The summed E-state index contributed by atoms with van der Waals surface area (Å²) >= 11 is 0. The number of hydrogen-bond acceptors (Lipinski definition) is 2. The van der Waals surface area contributed by atoms with E-state index in [0.717, 1.165) is 17.1 Å². The van der Waals surface area contributed by atoms with Crippen LogP contribution in [0.4, 0.5) is 0 Å². The zero-order chi connectivity index (χ0) is 9.30. The molecule has 1 heterocycles. The average molecular weight is 166 g/mol. The third kappa shape index (κ3) is 1.58. The number of rotatable bonds is 2. The van der Waals surface area contributed by atoms with Crippen LogP contribution in [0.2, 0.25) is 0 Å². The van der Waals surface area contributed by atoms with Gasteiger partial charge in [0.25, 0.3) is 0 Å². The first-order valence-electron chi connectivity index (χ1n) is 4.09. The van der Waals surface area contributed by atoms with E-state index in [1.54, 1.807) is 6.92 Å². The van der Waals surface area contributed by atoms with Gasteiger partial charge in [0.15, 0.2) is 0 Å². The lowest BCUT2D eigenvalue weighted by Crippen LogP contribution is -2.03. The van der Waals surface area contributed by atoms with Crippen molar-refractivity contribution in [2.24, 2.45) is 0 Å². The number of furan rings is 1. The van der Waals surface area contributed by atoms with Crippen molar-refractivity contribution in [2.45, 2.75) is 33.6 Å². The van der Waals surface area contributed by atoms with Crippen molar-refractivity contribution < 1.29 is 9.21 Å². The first-order chi connectivity index (χ1) is 5.52. The smallest absolute Gasteiger partial charge is 0.140 e. The van der Waals surface area contributed by atoms with Crippen LogP contribution in [0.3, 0.4) is 0 Å². The summed E-state index contributed by atoms with van der Waals surface area (Å²) in [6, 6.07) is 1.95. The maximum Gasteiger partial charge on any atom is 0.140 e. The third-order valence-electron chi connectivity index (χ3n) is 2.08. The predicted octanol–water partition coefficient (Wildman–Crippen LogP) is 2.59. The van der Waals surface area contributed by atoms with Crippen LogP contribution in [-0.2, 0) is 4.79 Å². The molecule has 0 saturated heterocycles. The minimum absolute atomic E-state index is 0.112. The number of carbonyl (C=O) groups is 1. The standard InChI is InChI=1S/C10H14O2/c1-6-5-7(2)12-10(6)8(3)9(4)11/h5,8H,1-4H3. The molecule has 0 spiro atoms. The second-order valence-electron chi connectivity index (χ2n) is 3.24. The zero-order valence-corrected chi connectivity index (χ0v) is 7.97. The van der Waals surface area contributed by atoms with Crippen molar-refractivity contribution in [3.8, 4) is 0 Å². The van der Waals surface area contributed by atoms with E-state index in [1.165, 1.54) is 0 Å². The fourth-order valence-electron chi connectivity index (χ4n) is 1.27. The van der Waals surface area contributed by atoms with Gasteiger partial charge in [0.2, 0.25) is 0 Å². The number of aryl methyl sites for hydroxylation is 2. The Morgan fingerprint density at radius 2 is 2.08 bits per heavy atom. The van der Waals surface area contributed by atoms with Crippen molar-refractivity contribution in [3.05, 3.63) is 23.2 Å². The molecule has 2 heteroatoms. The van der Waals surface area contributed by atoms with E-state index in [0.29, 0.717) is 0 Å². The van der Waals surface area contributed by atoms with Crippen LogP contribution >= 0.6 is 0 Å². The van der Waals surface area contributed by atoms with E-state index in [-0.39, 0.29) is 11.7 Å². The molecule has 1 aromatic rings. The molecule has 0 aliphatic rings. The number of hydrogen-bond donors (Lipinski definition) is 0. The Balaban J connectivity index is 3.02.